The quantitative estimate of drug-likeness (QED) is 0.736. The summed E-state index contributed by atoms with van der Waals surface area (Å²) >= 11 is 0. The minimum atomic E-state index is 0.816. The molecule has 1 N–H and O–H groups in total. The van der Waals surface area contributed by atoms with Crippen LogP contribution in [0.1, 0.15) is 33.1 Å². The van der Waals surface area contributed by atoms with E-state index in [1.807, 2.05) is 0 Å². The zero-order valence-corrected chi connectivity index (χ0v) is 9.63. The van der Waals surface area contributed by atoms with Crippen LogP contribution in [0.4, 0.5) is 0 Å². The summed E-state index contributed by atoms with van der Waals surface area (Å²) in [4.78, 5) is 2.65. The first-order chi connectivity index (χ1) is 6.75. The Morgan fingerprint density at radius 1 is 1.36 bits per heavy atom. The normalized spacial score (nSPS) is 29.8. The molecule has 2 heteroatoms. The molecule has 0 amide bonds. The summed E-state index contributed by atoms with van der Waals surface area (Å²) in [5.41, 5.74) is 0. The first-order valence-corrected chi connectivity index (χ1v) is 6.21. The zero-order chi connectivity index (χ0) is 9.97. The Morgan fingerprint density at radius 2 is 2.14 bits per heavy atom. The van der Waals surface area contributed by atoms with E-state index in [1.54, 1.807) is 0 Å². The van der Waals surface area contributed by atoms with E-state index in [-0.39, 0.29) is 0 Å². The summed E-state index contributed by atoms with van der Waals surface area (Å²) in [7, 11) is 0. The predicted molar refractivity (Wildman–Crippen MR) is 60.4 cm³/mol. The van der Waals surface area contributed by atoms with Gasteiger partial charge in [0.1, 0.15) is 0 Å². The third kappa shape index (κ3) is 2.96. The molecule has 1 saturated heterocycles. The Kier molecular flexibility index (Phi) is 3.45. The maximum absolute atomic E-state index is 3.66. The maximum atomic E-state index is 3.66. The number of nitrogens with one attached hydrogen (secondary N) is 1. The van der Waals surface area contributed by atoms with Gasteiger partial charge in [-0.25, -0.2) is 0 Å². The molecule has 82 valence electrons. The summed E-state index contributed by atoms with van der Waals surface area (Å²) < 4.78 is 0. The van der Waals surface area contributed by atoms with Gasteiger partial charge in [0.25, 0.3) is 0 Å². The minimum Gasteiger partial charge on any atom is -0.311 e. The van der Waals surface area contributed by atoms with Crippen LogP contribution in [0.5, 0.6) is 0 Å². The molecular weight excluding hydrogens is 172 g/mol. The highest BCUT2D eigenvalue weighted by Crippen LogP contribution is 2.33. The van der Waals surface area contributed by atoms with Gasteiger partial charge in [-0.05, 0) is 37.6 Å². The number of nitrogens with zero attached hydrogens (tertiary/aromatic N) is 1. The number of piperazine rings is 1. The van der Waals surface area contributed by atoms with Gasteiger partial charge in [0.15, 0.2) is 0 Å². The van der Waals surface area contributed by atoms with Crippen molar-refractivity contribution >= 4 is 0 Å². The molecule has 0 aromatic carbocycles. The number of rotatable bonds is 4. The molecule has 0 bridgehead atoms. The molecule has 1 heterocycles. The highest BCUT2D eigenvalue weighted by atomic mass is 15.2. The van der Waals surface area contributed by atoms with Crippen molar-refractivity contribution in [3.8, 4) is 0 Å². The van der Waals surface area contributed by atoms with Crippen LogP contribution in [0.25, 0.3) is 0 Å². The number of hydrogen-bond acceptors (Lipinski definition) is 2. The van der Waals surface area contributed by atoms with Crippen molar-refractivity contribution in [2.45, 2.75) is 39.2 Å². The Balaban J connectivity index is 1.70. The number of hydrogen-bond donors (Lipinski definition) is 1. The van der Waals surface area contributed by atoms with Crippen LogP contribution in [0.3, 0.4) is 0 Å². The van der Waals surface area contributed by atoms with Crippen LogP contribution in [-0.2, 0) is 0 Å². The third-order valence-corrected chi connectivity index (χ3v) is 3.50. The third-order valence-electron chi connectivity index (χ3n) is 3.50. The molecule has 1 aliphatic heterocycles. The van der Waals surface area contributed by atoms with E-state index in [9.17, 15) is 0 Å². The molecule has 0 radical (unpaired) electrons. The highest BCUT2D eigenvalue weighted by molar-refractivity contribution is 4.91. The lowest BCUT2D eigenvalue weighted by atomic mass is 10.1. The van der Waals surface area contributed by atoms with E-state index in [4.69, 9.17) is 0 Å². The molecule has 0 aromatic heterocycles. The van der Waals surface area contributed by atoms with Crippen molar-refractivity contribution in [3.05, 3.63) is 0 Å². The van der Waals surface area contributed by atoms with E-state index in [1.165, 1.54) is 45.4 Å². The lowest BCUT2D eigenvalue weighted by Gasteiger charge is -2.34. The molecule has 0 spiro atoms. The average Bonchev–Trinajstić information content (AvgIpc) is 2.98. The van der Waals surface area contributed by atoms with Crippen molar-refractivity contribution in [2.75, 3.05) is 26.2 Å². The Bertz CT molecular complexity index is 175. The highest BCUT2D eigenvalue weighted by Gasteiger charge is 2.33. The molecule has 2 rings (SSSR count). The lowest BCUT2D eigenvalue weighted by molar-refractivity contribution is 0.180. The fourth-order valence-corrected chi connectivity index (χ4v) is 2.30. The van der Waals surface area contributed by atoms with Gasteiger partial charge in [0.05, 0.1) is 0 Å². The van der Waals surface area contributed by atoms with Gasteiger partial charge in [-0.15, -0.1) is 0 Å². The van der Waals surface area contributed by atoms with Crippen molar-refractivity contribution in [2.24, 2.45) is 11.8 Å². The Morgan fingerprint density at radius 3 is 2.79 bits per heavy atom. The Labute approximate surface area is 88.1 Å². The van der Waals surface area contributed by atoms with Crippen molar-refractivity contribution in [3.63, 3.8) is 0 Å². The van der Waals surface area contributed by atoms with E-state index < -0.39 is 0 Å². The lowest BCUT2D eigenvalue weighted by Crippen LogP contribution is -2.51. The predicted octanol–water partition coefficient (Wildman–Crippen LogP) is 1.72. The minimum absolute atomic E-state index is 0.816. The molecule has 0 aromatic rings. The largest absolute Gasteiger partial charge is 0.311 e. The van der Waals surface area contributed by atoms with Crippen molar-refractivity contribution in [1.82, 2.24) is 10.2 Å². The molecule has 1 atom stereocenters. The standard InChI is InChI=1S/C12H24N2/c1-10(2)5-7-14-8-6-13-12(9-14)11-3-4-11/h10-13H,3-9H2,1-2H3. The molecule has 14 heavy (non-hydrogen) atoms. The first kappa shape index (κ1) is 10.4. The molecule has 2 fully saturated rings. The zero-order valence-electron chi connectivity index (χ0n) is 9.63. The fraction of sp³-hybridized carbons (Fsp3) is 1.00. The van der Waals surface area contributed by atoms with Gasteiger partial charge in [0, 0.05) is 25.7 Å². The monoisotopic (exact) mass is 196 g/mol. The summed E-state index contributed by atoms with van der Waals surface area (Å²) in [5.74, 6) is 1.86. The summed E-state index contributed by atoms with van der Waals surface area (Å²) in [6.45, 7) is 9.72. The van der Waals surface area contributed by atoms with E-state index >= 15 is 0 Å². The maximum Gasteiger partial charge on any atom is 0.0223 e. The molecule has 1 aliphatic carbocycles. The van der Waals surface area contributed by atoms with Crippen LogP contribution < -0.4 is 5.32 Å². The van der Waals surface area contributed by atoms with Crippen LogP contribution >= 0.6 is 0 Å². The van der Waals surface area contributed by atoms with Gasteiger partial charge >= 0.3 is 0 Å². The summed E-state index contributed by atoms with van der Waals surface area (Å²) in [6.07, 6.45) is 4.29. The SMILES string of the molecule is CC(C)CCN1CCNC(C2CC2)C1. The van der Waals surface area contributed by atoms with E-state index in [2.05, 4.69) is 24.1 Å². The second kappa shape index (κ2) is 4.63. The average molecular weight is 196 g/mol. The molecule has 1 saturated carbocycles. The van der Waals surface area contributed by atoms with Gasteiger partial charge in [0.2, 0.25) is 0 Å². The summed E-state index contributed by atoms with van der Waals surface area (Å²) in [6, 6.07) is 0.816. The molecule has 2 nitrogen and oxygen atoms in total. The topological polar surface area (TPSA) is 15.3 Å². The van der Waals surface area contributed by atoms with Crippen LogP contribution in [-0.4, -0.2) is 37.1 Å². The van der Waals surface area contributed by atoms with Crippen molar-refractivity contribution < 1.29 is 0 Å². The van der Waals surface area contributed by atoms with Gasteiger partial charge in [-0.2, -0.15) is 0 Å². The van der Waals surface area contributed by atoms with Crippen molar-refractivity contribution in [1.29, 1.82) is 0 Å². The van der Waals surface area contributed by atoms with Crippen LogP contribution in [0.15, 0.2) is 0 Å². The smallest absolute Gasteiger partial charge is 0.0223 e. The van der Waals surface area contributed by atoms with Gasteiger partial charge in [-0.3, -0.25) is 0 Å². The Hall–Kier alpha value is -0.0800. The van der Waals surface area contributed by atoms with Gasteiger partial charge in [-0.1, -0.05) is 13.8 Å². The van der Waals surface area contributed by atoms with E-state index in [0.29, 0.717) is 0 Å². The van der Waals surface area contributed by atoms with E-state index in [0.717, 1.165) is 17.9 Å². The fourth-order valence-electron chi connectivity index (χ4n) is 2.30. The second-order valence-corrected chi connectivity index (χ2v) is 5.38. The molecular formula is C12H24N2. The van der Waals surface area contributed by atoms with Crippen LogP contribution in [0, 0.1) is 11.8 Å². The van der Waals surface area contributed by atoms with Gasteiger partial charge < -0.3 is 10.2 Å². The first-order valence-electron chi connectivity index (χ1n) is 6.21. The second-order valence-electron chi connectivity index (χ2n) is 5.38. The summed E-state index contributed by atoms with van der Waals surface area (Å²) in [5, 5.41) is 3.66. The molecule has 1 unspecified atom stereocenters. The van der Waals surface area contributed by atoms with Crippen LogP contribution in [0.2, 0.25) is 0 Å². The molecule has 2 aliphatic rings.